The van der Waals surface area contributed by atoms with E-state index in [1.165, 1.54) is 23.8 Å². The van der Waals surface area contributed by atoms with Crippen LogP contribution in [0.25, 0.3) is 0 Å². The number of thioether (sulfide) groups is 1. The van der Waals surface area contributed by atoms with Gasteiger partial charge in [0.05, 0.1) is 5.92 Å². The van der Waals surface area contributed by atoms with E-state index < -0.39 is 11.0 Å². The number of aliphatic carboxylic acids is 1. The molecule has 2 rings (SSSR count). The lowest BCUT2D eigenvalue weighted by molar-refractivity contribution is -0.192. The third-order valence-corrected chi connectivity index (χ3v) is 4.76. The Morgan fingerprint density at radius 3 is 2.81 bits per heavy atom. The van der Waals surface area contributed by atoms with Crippen LogP contribution in [0.5, 0.6) is 0 Å². The van der Waals surface area contributed by atoms with Crippen LogP contribution in [0, 0.1) is 5.92 Å². The van der Waals surface area contributed by atoms with Gasteiger partial charge in [-0.25, -0.2) is 4.79 Å². The van der Waals surface area contributed by atoms with Gasteiger partial charge in [0.2, 0.25) is 11.0 Å². The fraction of sp³-hybridized carbons (Fsp3) is 0.600. The second-order valence-corrected chi connectivity index (χ2v) is 5.12. The van der Waals surface area contributed by atoms with Crippen molar-refractivity contribution in [1.29, 1.82) is 0 Å². The lowest BCUT2D eigenvalue weighted by atomic mass is 9.94. The van der Waals surface area contributed by atoms with E-state index >= 15 is 0 Å². The number of ether oxygens (including phenoxy) is 1. The van der Waals surface area contributed by atoms with Crippen molar-refractivity contribution in [2.24, 2.45) is 5.92 Å². The molecule has 0 unspecified atom stereocenters. The number of hydrogen-bond donors (Lipinski definition) is 1. The lowest BCUT2D eigenvalue weighted by Crippen LogP contribution is -2.70. The fourth-order valence-corrected chi connectivity index (χ4v) is 3.50. The maximum atomic E-state index is 11.8. The van der Waals surface area contributed by atoms with Crippen molar-refractivity contribution < 1.29 is 19.4 Å². The van der Waals surface area contributed by atoms with Crippen molar-refractivity contribution in [3.8, 4) is 0 Å². The molecule has 1 fully saturated rings. The molecular weight excluding hydrogens is 230 g/mol. The van der Waals surface area contributed by atoms with Gasteiger partial charge in [-0.1, -0.05) is 11.8 Å². The molecule has 16 heavy (non-hydrogen) atoms. The van der Waals surface area contributed by atoms with Gasteiger partial charge >= 0.3 is 5.97 Å². The molecule has 2 aliphatic heterocycles. The molecule has 0 aromatic rings. The van der Waals surface area contributed by atoms with Gasteiger partial charge in [0.1, 0.15) is 5.70 Å². The monoisotopic (exact) mass is 243 g/mol. The van der Waals surface area contributed by atoms with Crippen LogP contribution < -0.4 is 0 Å². The average molecular weight is 243 g/mol. The molecule has 0 aromatic heterocycles. The van der Waals surface area contributed by atoms with Gasteiger partial charge in [-0.15, -0.1) is 0 Å². The Morgan fingerprint density at radius 1 is 1.69 bits per heavy atom. The van der Waals surface area contributed by atoms with Gasteiger partial charge in [-0.3, -0.25) is 9.69 Å². The molecule has 2 atom stereocenters. The number of β-lactam (4-membered cyclic amide) rings is 1. The molecule has 0 radical (unpaired) electrons. The first kappa shape index (κ1) is 11.5. The summed E-state index contributed by atoms with van der Waals surface area (Å²) in [6.07, 6.45) is 0. The van der Waals surface area contributed by atoms with Crippen molar-refractivity contribution in [3.05, 3.63) is 11.3 Å². The first-order valence-corrected chi connectivity index (χ1v) is 5.90. The number of fused-ring (bicyclic) bond motifs is 1. The number of hydrogen-bond acceptors (Lipinski definition) is 4. The van der Waals surface area contributed by atoms with E-state index in [-0.39, 0.29) is 17.5 Å². The number of amides is 1. The molecule has 0 aromatic carbocycles. The molecule has 88 valence electrons. The number of carbonyl (C=O) groups is 2. The minimum absolute atomic E-state index is 0.0729. The van der Waals surface area contributed by atoms with E-state index in [0.29, 0.717) is 11.3 Å². The van der Waals surface area contributed by atoms with Crippen LogP contribution >= 0.6 is 11.8 Å². The summed E-state index contributed by atoms with van der Waals surface area (Å²) in [7, 11) is 1.50. The summed E-state index contributed by atoms with van der Waals surface area (Å²) in [6.45, 7) is 3.49. The predicted octanol–water partition coefficient (Wildman–Crippen LogP) is 0.870. The van der Waals surface area contributed by atoms with Gasteiger partial charge < -0.3 is 9.84 Å². The second-order valence-electron chi connectivity index (χ2n) is 3.95. The van der Waals surface area contributed by atoms with Crippen LogP contribution in [0.4, 0.5) is 0 Å². The zero-order chi connectivity index (χ0) is 12.1. The van der Waals surface area contributed by atoms with Crippen LogP contribution in [0.3, 0.4) is 0 Å². The summed E-state index contributed by atoms with van der Waals surface area (Å²) < 4.78 is 5.36. The SMILES string of the molecule is CO[C@]12SCC(C)=C(C(=O)O)N1C(=O)[C@H]2C. The Kier molecular flexibility index (Phi) is 2.51. The highest BCUT2D eigenvalue weighted by Crippen LogP contribution is 2.52. The van der Waals surface area contributed by atoms with Gasteiger partial charge in [-0.2, -0.15) is 0 Å². The van der Waals surface area contributed by atoms with E-state index in [0.717, 1.165) is 0 Å². The topological polar surface area (TPSA) is 66.8 Å². The Morgan fingerprint density at radius 2 is 2.31 bits per heavy atom. The number of rotatable bonds is 2. The first-order valence-electron chi connectivity index (χ1n) is 4.92. The Labute approximate surface area is 97.4 Å². The quantitative estimate of drug-likeness (QED) is 0.729. The van der Waals surface area contributed by atoms with E-state index in [9.17, 15) is 9.59 Å². The summed E-state index contributed by atoms with van der Waals surface area (Å²) in [5, 5.41) is 8.31. The van der Waals surface area contributed by atoms with Crippen LogP contribution in [0.2, 0.25) is 0 Å². The first-order chi connectivity index (χ1) is 7.45. The molecule has 1 saturated heterocycles. The van der Waals surface area contributed by atoms with Crippen LogP contribution in [-0.4, -0.2) is 39.8 Å². The fourth-order valence-electron chi connectivity index (χ4n) is 2.16. The average Bonchev–Trinajstić information content (AvgIpc) is 2.27. The minimum atomic E-state index is -1.07. The van der Waals surface area contributed by atoms with Crippen molar-refractivity contribution in [3.63, 3.8) is 0 Å². The smallest absolute Gasteiger partial charge is 0.352 e. The van der Waals surface area contributed by atoms with Crippen LogP contribution in [0.1, 0.15) is 13.8 Å². The molecule has 1 amide bonds. The number of carboxylic acid groups (broad SMARTS) is 1. The van der Waals surface area contributed by atoms with E-state index in [2.05, 4.69) is 0 Å². The van der Waals surface area contributed by atoms with Crippen molar-refractivity contribution in [2.45, 2.75) is 18.9 Å². The van der Waals surface area contributed by atoms with Gasteiger partial charge in [0.25, 0.3) is 0 Å². The summed E-state index contributed by atoms with van der Waals surface area (Å²) in [5.74, 6) is -0.987. The van der Waals surface area contributed by atoms with Gasteiger partial charge in [0, 0.05) is 12.9 Å². The molecule has 0 saturated carbocycles. The molecule has 2 heterocycles. The van der Waals surface area contributed by atoms with Crippen molar-refractivity contribution in [2.75, 3.05) is 12.9 Å². The lowest BCUT2D eigenvalue weighted by Gasteiger charge is -2.56. The Balaban J connectivity index is 2.48. The Bertz CT molecular complexity index is 406. The number of carbonyl (C=O) groups excluding carboxylic acids is 1. The van der Waals surface area contributed by atoms with Crippen molar-refractivity contribution in [1.82, 2.24) is 4.90 Å². The van der Waals surface area contributed by atoms with E-state index in [1.54, 1.807) is 13.8 Å². The third kappa shape index (κ3) is 1.17. The van der Waals surface area contributed by atoms with Gasteiger partial charge in [-0.05, 0) is 19.4 Å². The highest BCUT2D eigenvalue weighted by atomic mass is 32.2. The summed E-state index contributed by atoms with van der Waals surface area (Å²) in [6, 6.07) is 0. The molecule has 6 heteroatoms. The molecule has 0 bridgehead atoms. The van der Waals surface area contributed by atoms with Crippen LogP contribution in [-0.2, 0) is 14.3 Å². The predicted molar refractivity (Wildman–Crippen MR) is 58.5 cm³/mol. The molecule has 0 spiro atoms. The zero-order valence-corrected chi connectivity index (χ0v) is 10.1. The summed E-state index contributed by atoms with van der Waals surface area (Å²) in [5.41, 5.74) is 0.772. The molecule has 0 aliphatic carbocycles. The number of carboxylic acids is 1. The highest BCUT2D eigenvalue weighted by Gasteiger charge is 2.63. The molecule has 1 N–H and O–H groups in total. The third-order valence-electron chi connectivity index (χ3n) is 3.07. The maximum absolute atomic E-state index is 11.8. The van der Waals surface area contributed by atoms with Gasteiger partial charge in [0.15, 0.2) is 0 Å². The molecular formula is C10H13NO4S. The van der Waals surface area contributed by atoms with Crippen LogP contribution in [0.15, 0.2) is 11.3 Å². The summed E-state index contributed by atoms with van der Waals surface area (Å²) in [4.78, 5) is 24.2. The second kappa shape index (κ2) is 3.49. The largest absolute Gasteiger partial charge is 0.477 e. The normalized spacial score (nSPS) is 33.6. The zero-order valence-electron chi connectivity index (χ0n) is 9.31. The highest BCUT2D eigenvalue weighted by molar-refractivity contribution is 8.00. The number of nitrogens with zero attached hydrogens (tertiary/aromatic N) is 1. The maximum Gasteiger partial charge on any atom is 0.352 e. The Hall–Kier alpha value is -1.01. The number of methoxy groups -OCH3 is 1. The minimum Gasteiger partial charge on any atom is -0.477 e. The molecule has 5 nitrogen and oxygen atoms in total. The standard InChI is InChI=1S/C10H13NO4S/c1-5-4-16-10(15-3)6(2)8(12)11(10)7(5)9(13)14/h6H,4H2,1-3H3,(H,13,14)/t6-,10-/m1/s1. The molecule has 2 aliphatic rings. The van der Waals surface area contributed by atoms with E-state index in [4.69, 9.17) is 9.84 Å². The summed E-state index contributed by atoms with van der Waals surface area (Å²) >= 11 is 1.46. The van der Waals surface area contributed by atoms with E-state index in [1.807, 2.05) is 0 Å². The van der Waals surface area contributed by atoms with Crippen molar-refractivity contribution >= 4 is 23.6 Å².